The number of hydrogen-bond acceptors (Lipinski definition) is 3. The molecule has 2 rings (SSSR count). The second-order valence-corrected chi connectivity index (χ2v) is 6.01. The van der Waals surface area contributed by atoms with Crippen molar-refractivity contribution in [3.63, 3.8) is 0 Å². The summed E-state index contributed by atoms with van der Waals surface area (Å²) in [4.78, 5) is 0. The Kier molecular flexibility index (Phi) is 4.65. The molecule has 3 nitrogen and oxygen atoms in total. The molecule has 18 heavy (non-hydrogen) atoms. The highest BCUT2D eigenvalue weighted by atomic mass is 79.9. The highest BCUT2D eigenvalue weighted by Crippen LogP contribution is 2.30. The first-order valence-electron chi connectivity index (χ1n) is 6.41. The fourth-order valence-corrected chi connectivity index (χ4v) is 2.74. The highest BCUT2D eigenvalue weighted by molar-refractivity contribution is 9.10. The molecule has 1 aromatic carbocycles. The van der Waals surface area contributed by atoms with Gasteiger partial charge in [0.2, 0.25) is 0 Å². The van der Waals surface area contributed by atoms with Crippen molar-refractivity contribution in [1.29, 1.82) is 0 Å². The third-order valence-electron chi connectivity index (χ3n) is 3.15. The predicted molar refractivity (Wildman–Crippen MR) is 76.0 cm³/mol. The average Bonchev–Trinajstić information content (AvgIpc) is 2.67. The van der Waals surface area contributed by atoms with Gasteiger partial charge in [-0.25, -0.2) is 0 Å². The van der Waals surface area contributed by atoms with Crippen LogP contribution >= 0.6 is 15.9 Å². The molecule has 0 aliphatic carbocycles. The second kappa shape index (κ2) is 6.04. The summed E-state index contributed by atoms with van der Waals surface area (Å²) >= 11 is 3.48. The molecule has 0 bridgehead atoms. The third-order valence-corrected chi connectivity index (χ3v) is 3.65. The summed E-state index contributed by atoms with van der Waals surface area (Å²) in [5.74, 6) is 0.994. The minimum absolute atomic E-state index is 0.200. The Hall–Kier alpha value is -0.580. The molecule has 0 aromatic heterocycles. The van der Waals surface area contributed by atoms with Gasteiger partial charge in [-0.15, -0.1) is 0 Å². The van der Waals surface area contributed by atoms with E-state index in [0.717, 1.165) is 29.6 Å². The average molecular weight is 314 g/mol. The van der Waals surface area contributed by atoms with Crippen molar-refractivity contribution in [2.75, 3.05) is 6.54 Å². The molecule has 0 fully saturated rings. The largest absolute Gasteiger partial charge is 0.488 e. The lowest BCUT2D eigenvalue weighted by Crippen LogP contribution is -2.37. The Balaban J connectivity index is 1.81. The summed E-state index contributed by atoms with van der Waals surface area (Å²) < 4.78 is 6.97. The molecule has 1 heterocycles. The topological polar surface area (TPSA) is 41.5 Å². The second-order valence-electron chi connectivity index (χ2n) is 5.09. The zero-order valence-corrected chi connectivity index (χ0v) is 12.4. The van der Waals surface area contributed by atoms with E-state index >= 15 is 0 Å². The lowest BCUT2D eigenvalue weighted by molar-refractivity contribution is 0.163. The molecule has 2 N–H and O–H groups in total. The van der Waals surface area contributed by atoms with E-state index in [4.69, 9.17) is 4.74 Å². The van der Waals surface area contributed by atoms with E-state index in [2.05, 4.69) is 34.2 Å². The number of benzene rings is 1. The molecule has 1 aliphatic heterocycles. The molecule has 0 amide bonds. The lowest BCUT2D eigenvalue weighted by atomic mass is 10.1. The fourth-order valence-electron chi connectivity index (χ4n) is 2.33. The molecule has 1 aliphatic rings. The first kappa shape index (κ1) is 13.8. The summed E-state index contributed by atoms with van der Waals surface area (Å²) in [6, 6.07) is 6.45. The van der Waals surface area contributed by atoms with E-state index in [1.807, 2.05) is 19.1 Å². The summed E-state index contributed by atoms with van der Waals surface area (Å²) in [6.45, 7) is 4.73. The molecule has 1 aromatic rings. The summed E-state index contributed by atoms with van der Waals surface area (Å²) in [7, 11) is 0. The van der Waals surface area contributed by atoms with E-state index in [1.54, 1.807) is 0 Å². The Morgan fingerprint density at radius 1 is 1.50 bits per heavy atom. The zero-order valence-electron chi connectivity index (χ0n) is 10.8. The Morgan fingerprint density at radius 3 is 3.00 bits per heavy atom. The van der Waals surface area contributed by atoms with Crippen LogP contribution in [0.15, 0.2) is 22.7 Å². The quantitative estimate of drug-likeness (QED) is 0.877. The van der Waals surface area contributed by atoms with Crippen LogP contribution in [0.4, 0.5) is 0 Å². The van der Waals surface area contributed by atoms with Gasteiger partial charge < -0.3 is 15.2 Å². The van der Waals surface area contributed by atoms with Crippen molar-refractivity contribution in [1.82, 2.24) is 5.32 Å². The van der Waals surface area contributed by atoms with Crippen LogP contribution in [0.5, 0.6) is 5.75 Å². The molecule has 3 unspecified atom stereocenters. The number of hydrogen-bond donors (Lipinski definition) is 2. The maximum absolute atomic E-state index is 9.31. The van der Waals surface area contributed by atoms with E-state index in [0.29, 0.717) is 6.04 Å². The Morgan fingerprint density at radius 2 is 2.28 bits per heavy atom. The first-order chi connectivity index (χ1) is 8.54. The molecular weight excluding hydrogens is 294 g/mol. The standard InChI is InChI=1S/C14H20BrNO2/c1-9(5-10(2)17)16-8-13-7-11-6-12(15)3-4-14(11)18-13/h3-4,6,9-10,13,16-17H,5,7-8H2,1-2H3. The van der Waals surface area contributed by atoms with Gasteiger partial charge in [0.15, 0.2) is 0 Å². The van der Waals surface area contributed by atoms with Crippen LogP contribution in [0, 0.1) is 0 Å². The number of aliphatic hydroxyl groups excluding tert-OH is 1. The van der Waals surface area contributed by atoms with Crippen molar-refractivity contribution >= 4 is 15.9 Å². The van der Waals surface area contributed by atoms with Crippen LogP contribution < -0.4 is 10.1 Å². The van der Waals surface area contributed by atoms with Gasteiger partial charge in [0, 0.05) is 23.5 Å². The van der Waals surface area contributed by atoms with Crippen molar-refractivity contribution in [2.24, 2.45) is 0 Å². The van der Waals surface area contributed by atoms with E-state index in [-0.39, 0.29) is 12.2 Å². The number of nitrogens with one attached hydrogen (secondary N) is 1. The van der Waals surface area contributed by atoms with Gasteiger partial charge in [-0.3, -0.25) is 0 Å². The molecule has 100 valence electrons. The van der Waals surface area contributed by atoms with Gasteiger partial charge in [-0.05, 0) is 44.0 Å². The fraction of sp³-hybridized carbons (Fsp3) is 0.571. The predicted octanol–water partition coefficient (Wildman–Crippen LogP) is 2.50. The number of aliphatic hydroxyl groups is 1. The van der Waals surface area contributed by atoms with E-state index in [1.165, 1.54) is 5.56 Å². The minimum Gasteiger partial charge on any atom is -0.488 e. The number of rotatable bonds is 5. The van der Waals surface area contributed by atoms with Gasteiger partial charge in [0.05, 0.1) is 6.10 Å². The molecule has 3 atom stereocenters. The van der Waals surface area contributed by atoms with Crippen LogP contribution in [0.3, 0.4) is 0 Å². The van der Waals surface area contributed by atoms with Gasteiger partial charge in [0.25, 0.3) is 0 Å². The lowest BCUT2D eigenvalue weighted by Gasteiger charge is -2.18. The number of fused-ring (bicyclic) bond motifs is 1. The normalized spacial score (nSPS) is 21.2. The summed E-state index contributed by atoms with van der Waals surface area (Å²) in [5, 5.41) is 12.7. The van der Waals surface area contributed by atoms with E-state index < -0.39 is 0 Å². The van der Waals surface area contributed by atoms with E-state index in [9.17, 15) is 5.11 Å². The Labute approximate surface area is 117 Å². The maximum Gasteiger partial charge on any atom is 0.123 e. The number of ether oxygens (including phenoxy) is 1. The molecule has 0 saturated heterocycles. The Bertz CT molecular complexity index is 409. The molecule has 0 spiro atoms. The van der Waals surface area contributed by atoms with Gasteiger partial charge in [-0.1, -0.05) is 15.9 Å². The minimum atomic E-state index is -0.259. The maximum atomic E-state index is 9.31. The van der Waals surface area contributed by atoms with Gasteiger partial charge in [0.1, 0.15) is 11.9 Å². The SMILES string of the molecule is CC(O)CC(C)NCC1Cc2cc(Br)ccc2O1. The molecule has 0 radical (unpaired) electrons. The van der Waals surface area contributed by atoms with Gasteiger partial charge in [-0.2, -0.15) is 0 Å². The highest BCUT2D eigenvalue weighted by Gasteiger charge is 2.23. The molecule has 4 heteroatoms. The van der Waals surface area contributed by atoms with Crippen molar-refractivity contribution in [3.8, 4) is 5.75 Å². The van der Waals surface area contributed by atoms with Crippen LogP contribution in [-0.4, -0.2) is 29.9 Å². The number of halogens is 1. The van der Waals surface area contributed by atoms with Crippen molar-refractivity contribution in [2.45, 2.75) is 44.9 Å². The van der Waals surface area contributed by atoms with Crippen molar-refractivity contribution in [3.05, 3.63) is 28.2 Å². The summed E-state index contributed by atoms with van der Waals surface area (Å²) in [5.41, 5.74) is 1.26. The molecular formula is C14H20BrNO2. The van der Waals surface area contributed by atoms with Crippen LogP contribution in [0.25, 0.3) is 0 Å². The van der Waals surface area contributed by atoms with Crippen LogP contribution in [0.2, 0.25) is 0 Å². The van der Waals surface area contributed by atoms with Crippen LogP contribution in [-0.2, 0) is 6.42 Å². The molecule has 0 saturated carbocycles. The third kappa shape index (κ3) is 3.70. The van der Waals surface area contributed by atoms with Crippen LogP contribution in [0.1, 0.15) is 25.8 Å². The first-order valence-corrected chi connectivity index (χ1v) is 7.20. The smallest absolute Gasteiger partial charge is 0.123 e. The van der Waals surface area contributed by atoms with Gasteiger partial charge >= 0.3 is 0 Å². The zero-order chi connectivity index (χ0) is 13.1. The van der Waals surface area contributed by atoms with Crippen molar-refractivity contribution < 1.29 is 9.84 Å². The monoisotopic (exact) mass is 313 g/mol. The summed E-state index contributed by atoms with van der Waals surface area (Å²) in [6.07, 6.45) is 1.66.